The fraction of sp³-hybridized carbons (Fsp3) is 0. The van der Waals surface area contributed by atoms with Crippen LogP contribution in [0.5, 0.6) is 0 Å². The van der Waals surface area contributed by atoms with Crippen LogP contribution in [0.4, 0.5) is 0 Å². The van der Waals surface area contributed by atoms with Crippen molar-refractivity contribution in [3.8, 4) is 66.8 Å². The zero-order valence-electron chi connectivity index (χ0n) is 52.0. The lowest BCUT2D eigenvalue weighted by atomic mass is 9.83. The molecule has 96 heavy (non-hydrogen) atoms. The van der Waals surface area contributed by atoms with Gasteiger partial charge in [0.1, 0.15) is 0 Å². The molecule has 442 valence electrons. The predicted octanol–water partition coefficient (Wildman–Crippen LogP) is 28.0. The van der Waals surface area contributed by atoms with Gasteiger partial charge in [0.2, 0.25) is 0 Å². The molecule has 0 amide bonds. The standard InChI is InChI=1S/C94H54S2/c1-2-22-55(23-3-1)56-24-20-25-58(50-56)86-69-31-9-11-33-71(69)87(72-34-12-10-32-70(72)86)59-46-49-81-85(54-59)96-94-82-43-21-42-63(89(82)77-39-17-18-40-78(77)92(81)94)57-44-47-62-61(51-57)52-83(67-29-5-4-26-64(62)67)90-75-37-15-13-35-73(75)88(74-36-14-16-38-76(74)90)60-45-48-80-84(53-60)95-93-79-41-19-7-28-66(79)65-27-6-8-30-68(65)91(80)93/h1-54H. The van der Waals surface area contributed by atoms with Crippen LogP contribution >= 0.6 is 22.7 Å². The van der Waals surface area contributed by atoms with Gasteiger partial charge in [0, 0.05) is 51.1 Å². The van der Waals surface area contributed by atoms with Crippen LogP contribution < -0.4 is 0 Å². The highest BCUT2D eigenvalue weighted by molar-refractivity contribution is 7.27. The summed E-state index contributed by atoms with van der Waals surface area (Å²) in [5.41, 5.74) is 14.9. The Labute approximate surface area is 561 Å². The second-order valence-corrected chi connectivity index (χ2v) is 28.0. The van der Waals surface area contributed by atoms with Gasteiger partial charge in [-0.2, -0.15) is 0 Å². The molecule has 21 aromatic rings. The minimum Gasteiger partial charge on any atom is -0.134 e. The molecule has 0 fully saturated rings. The van der Waals surface area contributed by atoms with Crippen LogP contribution in [-0.2, 0) is 0 Å². The first-order valence-electron chi connectivity index (χ1n) is 33.2. The third-order valence-electron chi connectivity index (χ3n) is 21.0. The van der Waals surface area contributed by atoms with Crippen molar-refractivity contribution in [2.24, 2.45) is 0 Å². The maximum absolute atomic E-state index is 2.50. The molecule has 0 aliphatic heterocycles. The number of hydrogen-bond donors (Lipinski definition) is 0. The van der Waals surface area contributed by atoms with E-state index in [9.17, 15) is 0 Å². The number of rotatable bonds is 6. The lowest BCUT2D eigenvalue weighted by Gasteiger charge is -2.20. The van der Waals surface area contributed by atoms with E-state index in [1.807, 2.05) is 22.7 Å². The van der Waals surface area contributed by atoms with Crippen LogP contribution in [0.15, 0.2) is 328 Å². The Morgan fingerprint density at radius 3 is 1.05 bits per heavy atom. The fourth-order valence-corrected chi connectivity index (χ4v) is 19.5. The van der Waals surface area contributed by atoms with Gasteiger partial charge in [0.05, 0.1) is 0 Å². The van der Waals surface area contributed by atoms with Crippen LogP contribution in [-0.4, -0.2) is 0 Å². The van der Waals surface area contributed by atoms with Gasteiger partial charge in [-0.05, 0) is 194 Å². The third-order valence-corrected chi connectivity index (χ3v) is 23.3. The largest absolute Gasteiger partial charge is 0.134 e. The Balaban J connectivity index is 0.729. The molecule has 2 heteroatoms. The van der Waals surface area contributed by atoms with Crippen LogP contribution in [0.2, 0.25) is 0 Å². The van der Waals surface area contributed by atoms with Crippen LogP contribution in [0.25, 0.3) is 215 Å². The van der Waals surface area contributed by atoms with E-state index in [2.05, 4.69) is 328 Å². The molecule has 0 saturated heterocycles. The summed E-state index contributed by atoms with van der Waals surface area (Å²) >= 11 is 3.87. The van der Waals surface area contributed by atoms with Crippen molar-refractivity contribution in [1.82, 2.24) is 0 Å². The second-order valence-electron chi connectivity index (χ2n) is 25.9. The molecule has 21 rings (SSSR count). The summed E-state index contributed by atoms with van der Waals surface area (Å²) in [5.74, 6) is 0. The van der Waals surface area contributed by atoms with Gasteiger partial charge in [-0.15, -0.1) is 22.7 Å². The van der Waals surface area contributed by atoms with E-state index in [0.717, 1.165) is 0 Å². The topological polar surface area (TPSA) is 0 Å². The Hall–Kier alpha value is -11.8. The van der Waals surface area contributed by atoms with Crippen molar-refractivity contribution in [2.45, 2.75) is 0 Å². The third kappa shape index (κ3) is 7.83. The van der Waals surface area contributed by atoms with Crippen molar-refractivity contribution in [3.63, 3.8) is 0 Å². The Bertz CT molecular complexity index is 6830. The molecule has 0 spiro atoms. The molecule has 19 aromatic carbocycles. The van der Waals surface area contributed by atoms with Gasteiger partial charge >= 0.3 is 0 Å². The van der Waals surface area contributed by atoms with E-state index in [4.69, 9.17) is 0 Å². The van der Waals surface area contributed by atoms with Gasteiger partial charge in [-0.25, -0.2) is 0 Å². The molecule has 0 saturated carbocycles. The van der Waals surface area contributed by atoms with Crippen molar-refractivity contribution < 1.29 is 0 Å². The second kappa shape index (κ2) is 20.9. The monoisotopic (exact) mass is 1250 g/mol. The number of fused-ring (bicyclic) bond motifs is 23. The molecule has 0 N–H and O–H groups in total. The molecule has 0 nitrogen and oxygen atoms in total. The first-order valence-corrected chi connectivity index (χ1v) is 34.8. The minimum atomic E-state index is 1.21. The van der Waals surface area contributed by atoms with Gasteiger partial charge < -0.3 is 0 Å². The van der Waals surface area contributed by atoms with E-state index in [1.54, 1.807) is 0 Å². The van der Waals surface area contributed by atoms with Gasteiger partial charge in [-0.3, -0.25) is 0 Å². The molecule has 0 bridgehead atoms. The summed E-state index contributed by atoms with van der Waals surface area (Å²) in [7, 11) is 0. The highest BCUT2D eigenvalue weighted by Crippen LogP contribution is 2.53. The quantitative estimate of drug-likeness (QED) is 0.115. The summed E-state index contributed by atoms with van der Waals surface area (Å²) < 4.78 is 5.27. The van der Waals surface area contributed by atoms with Crippen molar-refractivity contribution in [2.75, 3.05) is 0 Å². The van der Waals surface area contributed by atoms with Crippen molar-refractivity contribution in [1.29, 1.82) is 0 Å². The predicted molar refractivity (Wildman–Crippen MR) is 420 cm³/mol. The maximum Gasteiger partial charge on any atom is 0.0440 e. The smallest absolute Gasteiger partial charge is 0.0440 e. The maximum atomic E-state index is 2.50. The molecular formula is C94H54S2. The molecule has 0 radical (unpaired) electrons. The molecule has 2 heterocycles. The van der Waals surface area contributed by atoms with Crippen molar-refractivity contribution >= 4 is 171 Å². The lowest BCUT2D eigenvalue weighted by molar-refractivity contribution is 1.61. The average molecular weight is 1250 g/mol. The fourth-order valence-electron chi connectivity index (χ4n) is 16.9. The summed E-state index contributed by atoms with van der Waals surface area (Å²) in [6, 6.07) is 124. The number of hydrogen-bond acceptors (Lipinski definition) is 2. The van der Waals surface area contributed by atoms with E-state index in [-0.39, 0.29) is 0 Å². The van der Waals surface area contributed by atoms with Crippen LogP contribution in [0, 0.1) is 0 Å². The summed E-state index contributed by atoms with van der Waals surface area (Å²) in [6.45, 7) is 0. The summed E-state index contributed by atoms with van der Waals surface area (Å²) in [4.78, 5) is 0. The van der Waals surface area contributed by atoms with Gasteiger partial charge in [0.25, 0.3) is 0 Å². The van der Waals surface area contributed by atoms with E-state index >= 15 is 0 Å². The Morgan fingerprint density at radius 1 is 0.156 bits per heavy atom. The molecule has 0 atom stereocenters. The highest BCUT2D eigenvalue weighted by atomic mass is 32.1. The normalized spacial score (nSPS) is 12.2. The first-order chi connectivity index (χ1) is 47.6. The summed E-state index contributed by atoms with van der Waals surface area (Å²) in [5, 5.41) is 30.7. The van der Waals surface area contributed by atoms with Crippen LogP contribution in [0.3, 0.4) is 0 Å². The highest BCUT2D eigenvalue weighted by Gasteiger charge is 2.24. The number of thiophene rings is 2. The zero-order valence-corrected chi connectivity index (χ0v) is 53.6. The van der Waals surface area contributed by atoms with Crippen LogP contribution in [0.1, 0.15) is 0 Å². The van der Waals surface area contributed by atoms with E-state index in [1.165, 1.54) is 215 Å². The minimum absolute atomic E-state index is 1.21. The van der Waals surface area contributed by atoms with Gasteiger partial charge in [-0.1, -0.05) is 297 Å². The van der Waals surface area contributed by atoms with Gasteiger partial charge in [0.15, 0.2) is 0 Å². The van der Waals surface area contributed by atoms with E-state index in [0.29, 0.717) is 0 Å². The lowest BCUT2D eigenvalue weighted by Crippen LogP contribution is -1.92. The number of benzene rings is 19. The first kappa shape index (κ1) is 53.7. The molecule has 0 aliphatic carbocycles. The zero-order chi connectivity index (χ0) is 62.7. The van der Waals surface area contributed by atoms with E-state index < -0.39 is 0 Å². The summed E-state index contributed by atoms with van der Waals surface area (Å²) in [6.07, 6.45) is 0. The Morgan fingerprint density at radius 2 is 0.510 bits per heavy atom. The molecular weight excluding hydrogens is 1190 g/mol. The SMILES string of the molecule is c1ccc(-c2cccc(-c3c4ccccc4c(-c4ccc5c(c4)sc4c6cccc(-c7ccc8c(c7)cc(-c7c9ccccc9c(-c9ccc%10c(c9)sc9c%11ccccc%11c%11ccccc%11c%109)c9ccccc79)c7ccccc78)c6c6ccccc6c54)c4ccccc34)c2)cc1. The molecule has 2 aromatic heterocycles. The molecule has 0 unspecified atom stereocenters. The average Bonchev–Trinajstić information content (AvgIpc) is 1.32. The van der Waals surface area contributed by atoms with Crippen molar-refractivity contribution in [3.05, 3.63) is 328 Å². The Kier molecular flexibility index (Phi) is 11.7. The molecule has 0 aliphatic rings.